The van der Waals surface area contributed by atoms with Gasteiger partial charge in [-0.3, -0.25) is 9.59 Å². The zero-order valence-electron chi connectivity index (χ0n) is 33.1. The van der Waals surface area contributed by atoms with E-state index in [1.165, 1.54) is 128 Å². The van der Waals surface area contributed by atoms with Gasteiger partial charge >= 0.3 is 11.9 Å². The second-order valence-corrected chi connectivity index (χ2v) is 15.6. The van der Waals surface area contributed by atoms with Gasteiger partial charge in [-0.1, -0.05) is 143 Å². The van der Waals surface area contributed by atoms with Crippen molar-refractivity contribution in [2.75, 3.05) is 39.5 Å². The maximum absolute atomic E-state index is 12.6. The Hall–Kier alpha value is -1.14. The number of aliphatic hydroxyl groups excluding tert-OH is 1. The van der Waals surface area contributed by atoms with Crippen molar-refractivity contribution in [1.29, 1.82) is 0 Å². The lowest BCUT2D eigenvalue weighted by molar-refractivity contribution is -0.145. The Labute approximate surface area is 304 Å². The van der Waals surface area contributed by atoms with Gasteiger partial charge in [0.1, 0.15) is 0 Å². The normalized spacial score (nSPS) is 13.8. The van der Waals surface area contributed by atoms with Crippen molar-refractivity contribution in [2.24, 2.45) is 11.3 Å². The van der Waals surface area contributed by atoms with Gasteiger partial charge in [-0.25, -0.2) is 0 Å². The number of carbonyl (C=O) groups is 2. The number of esters is 2. The molecule has 0 radical (unpaired) electrons. The summed E-state index contributed by atoms with van der Waals surface area (Å²) in [5.41, 5.74) is 0.219. The minimum Gasteiger partial charge on any atom is -0.466 e. The molecule has 0 aromatic carbocycles. The van der Waals surface area contributed by atoms with Gasteiger partial charge in [-0.15, -0.1) is 0 Å². The van der Waals surface area contributed by atoms with Gasteiger partial charge in [0.25, 0.3) is 0 Å². The van der Waals surface area contributed by atoms with E-state index < -0.39 is 0 Å². The molecule has 0 atom stereocenters. The number of nitrogens with zero attached hydrogens (tertiary/aromatic N) is 1. The van der Waals surface area contributed by atoms with Crippen LogP contribution in [0.3, 0.4) is 0 Å². The van der Waals surface area contributed by atoms with Gasteiger partial charge in [0.15, 0.2) is 0 Å². The van der Waals surface area contributed by atoms with Crippen LogP contribution in [0.25, 0.3) is 0 Å². The summed E-state index contributed by atoms with van der Waals surface area (Å²) in [6.45, 7) is 11.0. The highest BCUT2D eigenvalue weighted by atomic mass is 16.5. The summed E-state index contributed by atoms with van der Waals surface area (Å²) in [6, 6.07) is 0. The number of ether oxygens (including phenoxy) is 2. The molecule has 1 fully saturated rings. The Morgan fingerprint density at radius 1 is 0.571 bits per heavy atom. The monoisotopic (exact) mass is 694 g/mol. The van der Waals surface area contributed by atoms with Gasteiger partial charge in [-0.05, 0) is 82.2 Å². The number of unbranched alkanes of at least 4 members (excludes halogenated alkanes) is 16. The van der Waals surface area contributed by atoms with E-state index in [1.807, 2.05) is 0 Å². The van der Waals surface area contributed by atoms with Gasteiger partial charge in [0.05, 0.1) is 26.2 Å². The van der Waals surface area contributed by atoms with Crippen LogP contribution < -0.4 is 0 Å². The van der Waals surface area contributed by atoms with Crippen LogP contribution in [0.4, 0.5) is 0 Å². The molecule has 0 heterocycles. The smallest absolute Gasteiger partial charge is 0.306 e. The van der Waals surface area contributed by atoms with Crippen LogP contribution in [0.2, 0.25) is 0 Å². The molecule has 0 spiro atoms. The molecule has 1 aliphatic carbocycles. The number of hydrogen-bond donors (Lipinski definition) is 1. The predicted molar refractivity (Wildman–Crippen MR) is 207 cm³/mol. The highest BCUT2D eigenvalue weighted by Crippen LogP contribution is 2.53. The molecule has 290 valence electrons. The molecular weight excluding hydrogens is 610 g/mol. The molecular formula is C43H83NO5. The topological polar surface area (TPSA) is 76.1 Å². The molecule has 0 aromatic rings. The second kappa shape index (κ2) is 32.7. The average molecular weight is 694 g/mol. The van der Waals surface area contributed by atoms with E-state index >= 15 is 0 Å². The first-order valence-corrected chi connectivity index (χ1v) is 21.6. The molecule has 6 nitrogen and oxygen atoms in total. The van der Waals surface area contributed by atoms with Crippen molar-refractivity contribution in [3.63, 3.8) is 0 Å². The van der Waals surface area contributed by atoms with Crippen molar-refractivity contribution < 1.29 is 24.2 Å². The Morgan fingerprint density at radius 2 is 1.06 bits per heavy atom. The lowest BCUT2D eigenvalue weighted by Crippen LogP contribution is -2.29. The highest BCUT2D eigenvalue weighted by Gasteiger charge is 2.43. The van der Waals surface area contributed by atoms with Crippen molar-refractivity contribution >= 4 is 11.9 Å². The van der Waals surface area contributed by atoms with E-state index in [0.29, 0.717) is 26.1 Å². The molecule has 49 heavy (non-hydrogen) atoms. The van der Waals surface area contributed by atoms with Crippen LogP contribution in [0.15, 0.2) is 0 Å². The van der Waals surface area contributed by atoms with Crippen LogP contribution in [0.5, 0.6) is 0 Å². The van der Waals surface area contributed by atoms with Gasteiger partial charge in [0.2, 0.25) is 0 Å². The van der Waals surface area contributed by atoms with E-state index in [4.69, 9.17) is 9.47 Å². The first-order chi connectivity index (χ1) is 24.0. The zero-order chi connectivity index (χ0) is 35.7. The molecule has 0 bridgehead atoms. The average Bonchev–Trinajstić information content (AvgIpc) is 3.85. The van der Waals surface area contributed by atoms with Gasteiger partial charge in [-0.2, -0.15) is 0 Å². The Balaban J connectivity index is 2.06. The van der Waals surface area contributed by atoms with E-state index in [9.17, 15) is 14.7 Å². The van der Waals surface area contributed by atoms with Crippen molar-refractivity contribution in [1.82, 2.24) is 4.90 Å². The fourth-order valence-corrected chi connectivity index (χ4v) is 7.35. The molecule has 0 saturated heterocycles. The standard InChI is InChI=1S/C43H83NO5/c1-4-7-10-11-12-14-20-29-41(46)48-37-24-16-13-15-22-33-44(35-36-45)34-23-17-21-30-43(31-32-43)39-42(47)49-38-25-28-40(26-18-8-5-2)27-19-9-6-3/h40,45H,4-39H2,1-3H3. The molecule has 6 heteroatoms. The summed E-state index contributed by atoms with van der Waals surface area (Å²) in [7, 11) is 0. The molecule has 1 aliphatic rings. The van der Waals surface area contributed by atoms with Crippen molar-refractivity contribution in [3.05, 3.63) is 0 Å². The minimum atomic E-state index is -0.0249. The molecule has 0 aliphatic heterocycles. The number of hydrogen-bond acceptors (Lipinski definition) is 6. The summed E-state index contributed by atoms with van der Waals surface area (Å²) in [5.74, 6) is 0.807. The Bertz CT molecular complexity index is 745. The highest BCUT2D eigenvalue weighted by molar-refractivity contribution is 5.70. The maximum Gasteiger partial charge on any atom is 0.306 e. The first-order valence-electron chi connectivity index (χ1n) is 21.6. The van der Waals surface area contributed by atoms with Crippen LogP contribution in [-0.4, -0.2) is 61.4 Å². The van der Waals surface area contributed by atoms with Crippen LogP contribution in [0.1, 0.15) is 213 Å². The molecule has 1 N–H and O–H groups in total. The lowest BCUT2D eigenvalue weighted by atomic mass is 9.91. The summed E-state index contributed by atoms with van der Waals surface area (Å²) >= 11 is 0. The van der Waals surface area contributed by atoms with Crippen LogP contribution in [0, 0.1) is 11.3 Å². The zero-order valence-corrected chi connectivity index (χ0v) is 33.1. The summed E-state index contributed by atoms with van der Waals surface area (Å²) in [4.78, 5) is 27.0. The summed E-state index contributed by atoms with van der Waals surface area (Å²) < 4.78 is 11.2. The number of rotatable bonds is 38. The van der Waals surface area contributed by atoms with E-state index in [1.54, 1.807) is 0 Å². The van der Waals surface area contributed by atoms with Gasteiger partial charge < -0.3 is 19.5 Å². The molecule has 1 saturated carbocycles. The van der Waals surface area contributed by atoms with Crippen LogP contribution >= 0.6 is 0 Å². The third-order valence-electron chi connectivity index (χ3n) is 10.9. The van der Waals surface area contributed by atoms with Crippen LogP contribution in [-0.2, 0) is 19.1 Å². The fourth-order valence-electron chi connectivity index (χ4n) is 7.35. The van der Waals surface area contributed by atoms with Crippen molar-refractivity contribution in [2.45, 2.75) is 213 Å². The predicted octanol–water partition coefficient (Wildman–Crippen LogP) is 11.7. The van der Waals surface area contributed by atoms with E-state index in [0.717, 1.165) is 76.9 Å². The largest absolute Gasteiger partial charge is 0.466 e. The number of carbonyl (C=O) groups excluding carboxylic acids is 2. The van der Waals surface area contributed by atoms with E-state index in [-0.39, 0.29) is 24.0 Å². The third kappa shape index (κ3) is 28.2. The fraction of sp³-hybridized carbons (Fsp3) is 0.953. The maximum atomic E-state index is 12.6. The molecule has 0 unspecified atom stereocenters. The SMILES string of the molecule is CCCCCCCCCC(=O)OCCCCCCCN(CCO)CCCCCC1(CC(=O)OCCCC(CCCCC)CCCCC)CC1. The molecule has 0 aromatic heterocycles. The third-order valence-corrected chi connectivity index (χ3v) is 10.9. The second-order valence-electron chi connectivity index (χ2n) is 15.6. The first kappa shape index (κ1) is 45.9. The van der Waals surface area contributed by atoms with Gasteiger partial charge in [0, 0.05) is 13.0 Å². The number of aliphatic hydroxyl groups is 1. The Kier molecular flexibility index (Phi) is 30.7. The Morgan fingerprint density at radius 3 is 1.67 bits per heavy atom. The lowest BCUT2D eigenvalue weighted by Gasteiger charge is -2.21. The quantitative estimate of drug-likeness (QED) is 0.0512. The van der Waals surface area contributed by atoms with Crippen molar-refractivity contribution in [3.8, 4) is 0 Å². The summed E-state index contributed by atoms with van der Waals surface area (Å²) in [5, 5.41) is 9.56. The van der Waals surface area contributed by atoms with E-state index in [2.05, 4.69) is 25.7 Å². The summed E-state index contributed by atoms with van der Waals surface area (Å²) in [6.07, 6.45) is 35.2. The molecule has 0 amide bonds. The molecule has 1 rings (SSSR count). The minimum absolute atomic E-state index is 0.0249.